The summed E-state index contributed by atoms with van der Waals surface area (Å²) in [7, 11) is 2.00. The molecule has 2 aromatic rings. The molecular weight excluding hydrogens is 258 g/mol. The maximum Gasteiger partial charge on any atom is 0.186 e. The minimum atomic E-state index is -0.536. The fourth-order valence-corrected chi connectivity index (χ4v) is 3.77. The van der Waals surface area contributed by atoms with E-state index >= 15 is 0 Å². The molecule has 0 amide bonds. The summed E-state index contributed by atoms with van der Waals surface area (Å²) in [5.41, 5.74) is 6.99. The van der Waals surface area contributed by atoms with E-state index in [1.807, 2.05) is 25.2 Å². The van der Waals surface area contributed by atoms with Gasteiger partial charge in [-0.1, -0.05) is 24.2 Å². The number of aliphatic hydroxyl groups is 1. The monoisotopic (exact) mass is 277 g/mol. The van der Waals surface area contributed by atoms with Crippen molar-refractivity contribution in [3.05, 3.63) is 18.2 Å². The average Bonchev–Trinajstić information content (AvgIpc) is 2.95. The molecule has 1 aliphatic rings. The molecule has 3 rings (SSSR count). The highest BCUT2D eigenvalue weighted by atomic mass is 32.1. The molecule has 4 nitrogen and oxygen atoms in total. The Kier molecular flexibility index (Phi) is 3.11. The van der Waals surface area contributed by atoms with Gasteiger partial charge in [0.05, 0.1) is 15.8 Å². The topological polar surface area (TPSA) is 62.4 Å². The molecule has 0 bridgehead atoms. The molecule has 3 N–H and O–H groups in total. The molecule has 0 saturated heterocycles. The molecular formula is C14H19N3OS. The van der Waals surface area contributed by atoms with Gasteiger partial charge in [0.1, 0.15) is 0 Å². The predicted octanol–water partition coefficient (Wildman–Crippen LogP) is 2.62. The van der Waals surface area contributed by atoms with Crippen molar-refractivity contribution in [1.29, 1.82) is 0 Å². The molecule has 0 radical (unpaired) electrons. The van der Waals surface area contributed by atoms with Gasteiger partial charge in [-0.2, -0.15) is 0 Å². The Hall–Kier alpha value is -1.33. The van der Waals surface area contributed by atoms with Crippen LogP contribution in [0, 0.1) is 0 Å². The van der Waals surface area contributed by atoms with Crippen molar-refractivity contribution < 1.29 is 5.11 Å². The van der Waals surface area contributed by atoms with E-state index < -0.39 is 5.60 Å². The number of likely N-dealkylation sites (N-methyl/N-ethyl adjacent to an activating group) is 1. The van der Waals surface area contributed by atoms with Crippen molar-refractivity contribution in [3.8, 4) is 0 Å². The lowest BCUT2D eigenvalue weighted by Crippen LogP contribution is -2.39. The second-order valence-corrected chi connectivity index (χ2v) is 6.52. The fraction of sp³-hybridized carbons (Fsp3) is 0.500. The van der Waals surface area contributed by atoms with Crippen LogP contribution in [0.15, 0.2) is 18.2 Å². The summed E-state index contributed by atoms with van der Waals surface area (Å²) in [6, 6.07) is 5.77. The van der Waals surface area contributed by atoms with Crippen LogP contribution in [0.5, 0.6) is 0 Å². The molecule has 1 heterocycles. The van der Waals surface area contributed by atoms with E-state index in [0.717, 1.165) is 46.7 Å². The Labute approximate surface area is 116 Å². The first-order valence-electron chi connectivity index (χ1n) is 6.65. The van der Waals surface area contributed by atoms with Crippen molar-refractivity contribution in [1.82, 2.24) is 4.98 Å². The molecule has 5 heteroatoms. The van der Waals surface area contributed by atoms with Crippen LogP contribution in [0.3, 0.4) is 0 Å². The van der Waals surface area contributed by atoms with E-state index in [-0.39, 0.29) is 0 Å². The van der Waals surface area contributed by atoms with Gasteiger partial charge in [0.25, 0.3) is 0 Å². The van der Waals surface area contributed by atoms with E-state index in [1.165, 1.54) is 0 Å². The highest BCUT2D eigenvalue weighted by Gasteiger charge is 2.32. The highest BCUT2D eigenvalue weighted by molar-refractivity contribution is 7.22. The van der Waals surface area contributed by atoms with Crippen LogP contribution in [0.1, 0.15) is 25.7 Å². The lowest BCUT2D eigenvalue weighted by atomic mass is 10.0. The van der Waals surface area contributed by atoms with Crippen molar-refractivity contribution in [3.63, 3.8) is 0 Å². The molecule has 19 heavy (non-hydrogen) atoms. The largest absolute Gasteiger partial charge is 0.399 e. The highest BCUT2D eigenvalue weighted by Crippen LogP contribution is 2.34. The first kappa shape index (κ1) is 12.7. The number of fused-ring (bicyclic) bond motifs is 1. The van der Waals surface area contributed by atoms with E-state index in [4.69, 9.17) is 5.73 Å². The number of nitrogen functional groups attached to an aromatic ring is 1. The Balaban J connectivity index is 1.83. The van der Waals surface area contributed by atoms with Crippen LogP contribution in [0.2, 0.25) is 0 Å². The van der Waals surface area contributed by atoms with Gasteiger partial charge in [-0.15, -0.1) is 0 Å². The van der Waals surface area contributed by atoms with Crippen molar-refractivity contribution >= 4 is 32.4 Å². The number of nitrogens with zero attached hydrogens (tertiary/aromatic N) is 2. The van der Waals surface area contributed by atoms with Gasteiger partial charge >= 0.3 is 0 Å². The number of hydrogen-bond donors (Lipinski definition) is 2. The molecule has 1 aromatic carbocycles. The lowest BCUT2D eigenvalue weighted by molar-refractivity contribution is 0.0559. The smallest absolute Gasteiger partial charge is 0.186 e. The second kappa shape index (κ2) is 4.65. The minimum absolute atomic E-state index is 0.536. The molecule has 0 spiro atoms. The minimum Gasteiger partial charge on any atom is -0.399 e. The number of rotatable bonds is 3. The summed E-state index contributed by atoms with van der Waals surface area (Å²) in [5, 5.41) is 11.4. The van der Waals surface area contributed by atoms with Crippen LogP contribution in [0.25, 0.3) is 10.2 Å². The van der Waals surface area contributed by atoms with Crippen molar-refractivity contribution in [2.45, 2.75) is 31.3 Å². The predicted molar refractivity (Wildman–Crippen MR) is 80.7 cm³/mol. The Morgan fingerprint density at radius 1 is 1.42 bits per heavy atom. The van der Waals surface area contributed by atoms with Crippen molar-refractivity contribution in [2.75, 3.05) is 24.2 Å². The molecule has 1 saturated carbocycles. The van der Waals surface area contributed by atoms with Crippen LogP contribution < -0.4 is 10.6 Å². The van der Waals surface area contributed by atoms with Gasteiger partial charge in [0.2, 0.25) is 0 Å². The summed E-state index contributed by atoms with van der Waals surface area (Å²) in [6.07, 6.45) is 4.05. The maximum atomic E-state index is 10.5. The van der Waals surface area contributed by atoms with Gasteiger partial charge < -0.3 is 15.7 Å². The summed E-state index contributed by atoms with van der Waals surface area (Å²) in [5.74, 6) is 0. The summed E-state index contributed by atoms with van der Waals surface area (Å²) < 4.78 is 1.10. The third-order valence-electron chi connectivity index (χ3n) is 3.79. The third-order valence-corrected chi connectivity index (χ3v) is 4.93. The number of nitrogens with two attached hydrogens (primary N) is 1. The van der Waals surface area contributed by atoms with Gasteiger partial charge in [-0.25, -0.2) is 4.98 Å². The zero-order valence-corrected chi connectivity index (χ0v) is 11.9. The summed E-state index contributed by atoms with van der Waals surface area (Å²) in [6.45, 7) is 0.655. The number of hydrogen-bond acceptors (Lipinski definition) is 5. The third kappa shape index (κ3) is 2.53. The Morgan fingerprint density at radius 3 is 2.89 bits per heavy atom. The van der Waals surface area contributed by atoms with E-state index in [2.05, 4.69) is 9.88 Å². The SMILES string of the molecule is CN(CC1(O)CCCC1)c1nc2ccc(N)cc2s1. The summed E-state index contributed by atoms with van der Waals surface area (Å²) in [4.78, 5) is 6.67. The van der Waals surface area contributed by atoms with Gasteiger partial charge in [-0.3, -0.25) is 0 Å². The fourth-order valence-electron chi connectivity index (χ4n) is 2.79. The Bertz CT molecular complexity index is 589. The number of aromatic nitrogens is 1. The van der Waals surface area contributed by atoms with E-state index in [1.54, 1.807) is 11.3 Å². The molecule has 1 fully saturated rings. The van der Waals surface area contributed by atoms with E-state index in [0.29, 0.717) is 6.54 Å². The number of thiazole rings is 1. The zero-order chi connectivity index (χ0) is 13.5. The average molecular weight is 277 g/mol. The molecule has 102 valence electrons. The van der Waals surface area contributed by atoms with Crippen LogP contribution in [-0.2, 0) is 0 Å². The van der Waals surface area contributed by atoms with Crippen LogP contribution in [-0.4, -0.2) is 29.3 Å². The first-order chi connectivity index (χ1) is 9.06. The lowest BCUT2D eigenvalue weighted by Gasteiger charge is -2.28. The molecule has 0 atom stereocenters. The molecule has 0 unspecified atom stereocenters. The number of anilines is 2. The van der Waals surface area contributed by atoms with Gasteiger partial charge in [-0.05, 0) is 31.0 Å². The molecule has 1 aromatic heterocycles. The van der Waals surface area contributed by atoms with Crippen LogP contribution >= 0.6 is 11.3 Å². The zero-order valence-electron chi connectivity index (χ0n) is 11.1. The van der Waals surface area contributed by atoms with Crippen molar-refractivity contribution in [2.24, 2.45) is 0 Å². The molecule has 1 aliphatic carbocycles. The first-order valence-corrected chi connectivity index (χ1v) is 7.47. The number of benzene rings is 1. The normalized spacial score (nSPS) is 18.0. The quantitative estimate of drug-likeness (QED) is 0.847. The molecule has 0 aliphatic heterocycles. The second-order valence-electron chi connectivity index (χ2n) is 5.51. The van der Waals surface area contributed by atoms with Crippen LogP contribution in [0.4, 0.5) is 10.8 Å². The van der Waals surface area contributed by atoms with Gasteiger partial charge in [0.15, 0.2) is 5.13 Å². The van der Waals surface area contributed by atoms with E-state index in [9.17, 15) is 5.11 Å². The van der Waals surface area contributed by atoms with Gasteiger partial charge in [0, 0.05) is 19.3 Å². The summed E-state index contributed by atoms with van der Waals surface area (Å²) >= 11 is 1.63. The Morgan fingerprint density at radius 2 is 2.16 bits per heavy atom. The maximum absolute atomic E-state index is 10.5. The standard InChI is InChI=1S/C14H19N3OS/c1-17(9-14(18)6-2-3-7-14)13-16-11-5-4-10(15)8-12(11)19-13/h4-5,8,18H,2-3,6-7,9,15H2,1H3.